The molecule has 0 radical (unpaired) electrons. The average Bonchev–Trinajstić information content (AvgIpc) is 2.97. The van der Waals surface area contributed by atoms with Gasteiger partial charge in [-0.15, -0.1) is 0 Å². The maximum Gasteiger partial charge on any atom is 0.407 e. The van der Waals surface area contributed by atoms with Gasteiger partial charge < -0.3 is 20.5 Å². The molecule has 0 bridgehead atoms. The molecule has 0 heterocycles. The fourth-order valence-corrected chi connectivity index (χ4v) is 5.29. The highest BCUT2D eigenvalue weighted by atomic mass is 35.6. The summed E-state index contributed by atoms with van der Waals surface area (Å²) in [6.45, 7) is 4.50. The van der Waals surface area contributed by atoms with Crippen molar-refractivity contribution < 1.29 is 24.2 Å². The van der Waals surface area contributed by atoms with Crippen LogP contribution < -0.4 is 10.6 Å². The van der Waals surface area contributed by atoms with Gasteiger partial charge >= 0.3 is 12.1 Å². The minimum Gasteiger partial charge on any atom is -0.480 e. The Morgan fingerprint density at radius 2 is 1.76 bits per heavy atom. The Bertz CT molecular complexity index is 1170. The number of rotatable bonds is 11. The van der Waals surface area contributed by atoms with Crippen molar-refractivity contribution in [3.05, 3.63) is 59.2 Å². The Labute approximate surface area is 268 Å². The third-order valence-corrected chi connectivity index (χ3v) is 7.98. The highest BCUT2D eigenvalue weighted by Crippen LogP contribution is 2.29. The first kappa shape index (κ1) is 36.1. The van der Waals surface area contributed by atoms with Crippen LogP contribution in [0, 0.1) is 12.8 Å². The summed E-state index contributed by atoms with van der Waals surface area (Å²) in [7, 11) is 0. The number of carboxylic acid groups (broad SMARTS) is 1. The molecule has 1 saturated carbocycles. The second-order valence-electron chi connectivity index (χ2n) is 10.3. The van der Waals surface area contributed by atoms with Gasteiger partial charge in [0.1, 0.15) is 12.6 Å². The highest BCUT2D eigenvalue weighted by molar-refractivity contribution is 7.98. The molecule has 1 fully saturated rings. The molecule has 1 unspecified atom stereocenters. The number of nitrogens with one attached hydrogen (secondary N) is 2. The Morgan fingerprint density at radius 1 is 1.07 bits per heavy atom. The molecule has 232 valence electrons. The molecule has 3 N–H and O–H groups in total. The van der Waals surface area contributed by atoms with E-state index in [1.165, 1.54) is 32.1 Å². The van der Waals surface area contributed by atoms with Crippen LogP contribution >= 0.6 is 46.6 Å². The van der Waals surface area contributed by atoms with E-state index >= 15 is 0 Å². The quantitative estimate of drug-likeness (QED) is 0.213. The van der Waals surface area contributed by atoms with Gasteiger partial charge in [0.2, 0.25) is 3.79 Å². The molecule has 3 rings (SSSR count). The number of halogens is 3. The third kappa shape index (κ3) is 13.0. The van der Waals surface area contributed by atoms with Crippen LogP contribution in [0.5, 0.6) is 0 Å². The molecule has 0 aliphatic heterocycles. The fourth-order valence-electron chi connectivity index (χ4n) is 4.65. The van der Waals surface area contributed by atoms with Crippen molar-refractivity contribution in [3.63, 3.8) is 0 Å². The Morgan fingerprint density at radius 3 is 2.36 bits per heavy atom. The number of amides is 2. The summed E-state index contributed by atoms with van der Waals surface area (Å²) in [6.07, 6.45) is 8.80. The van der Waals surface area contributed by atoms with Crippen LogP contribution in [0.4, 0.5) is 4.79 Å². The first-order chi connectivity index (χ1) is 19.9. The highest BCUT2D eigenvalue weighted by Gasteiger charge is 2.24. The molecule has 7 nitrogen and oxygen atoms in total. The van der Waals surface area contributed by atoms with Crippen LogP contribution in [0.3, 0.4) is 0 Å². The summed E-state index contributed by atoms with van der Waals surface area (Å²) in [5.41, 5.74) is 4.55. The lowest BCUT2D eigenvalue weighted by Gasteiger charge is -2.21. The van der Waals surface area contributed by atoms with E-state index in [1.54, 1.807) is 17.8 Å². The lowest BCUT2D eigenvalue weighted by atomic mass is 9.89. The molecule has 2 amide bonds. The summed E-state index contributed by atoms with van der Waals surface area (Å²) in [4.78, 5) is 35.5. The second-order valence-corrected chi connectivity index (χ2v) is 13.8. The van der Waals surface area contributed by atoms with Crippen molar-refractivity contribution in [1.82, 2.24) is 10.6 Å². The molecule has 0 spiro atoms. The number of thioether (sulfide) groups is 1. The number of alkyl halides is 3. The van der Waals surface area contributed by atoms with E-state index < -0.39 is 21.9 Å². The van der Waals surface area contributed by atoms with E-state index in [9.17, 15) is 19.5 Å². The summed E-state index contributed by atoms with van der Waals surface area (Å²) < 4.78 is 3.21. The lowest BCUT2D eigenvalue weighted by molar-refractivity contribution is -0.139. The van der Waals surface area contributed by atoms with Crippen molar-refractivity contribution in [2.75, 3.05) is 25.2 Å². The van der Waals surface area contributed by atoms with Crippen LogP contribution in [0.2, 0.25) is 0 Å². The first-order valence-corrected chi connectivity index (χ1v) is 16.7. The lowest BCUT2D eigenvalue weighted by Crippen LogP contribution is -2.41. The zero-order valence-corrected chi connectivity index (χ0v) is 27.5. The molecule has 1 aliphatic rings. The number of hydrogen-bond donors (Lipinski definition) is 3. The van der Waals surface area contributed by atoms with Crippen molar-refractivity contribution in [2.24, 2.45) is 5.92 Å². The normalized spacial score (nSPS) is 14.2. The second kappa shape index (κ2) is 18.5. The minimum absolute atomic E-state index is 0.228. The van der Waals surface area contributed by atoms with E-state index in [1.807, 2.05) is 49.6 Å². The van der Waals surface area contributed by atoms with Gasteiger partial charge in [-0.1, -0.05) is 97.4 Å². The molecule has 0 aromatic heterocycles. The smallest absolute Gasteiger partial charge is 0.407 e. The van der Waals surface area contributed by atoms with Crippen LogP contribution in [0.15, 0.2) is 42.5 Å². The first-order valence-electron chi connectivity index (χ1n) is 14.1. The molecule has 2 aromatic carbocycles. The van der Waals surface area contributed by atoms with Crippen molar-refractivity contribution in [1.29, 1.82) is 0 Å². The molecule has 11 heteroatoms. The monoisotopic (exact) mass is 658 g/mol. The van der Waals surface area contributed by atoms with E-state index in [-0.39, 0.29) is 12.5 Å². The Kier molecular flexibility index (Phi) is 15.9. The van der Waals surface area contributed by atoms with Gasteiger partial charge in [0.05, 0.1) is 0 Å². The zero-order valence-electron chi connectivity index (χ0n) is 24.4. The number of aliphatic carboxylic acids is 1. The maximum atomic E-state index is 12.8. The molecule has 42 heavy (non-hydrogen) atoms. The number of carbonyl (C=O) groups is 3. The number of hydrogen-bond acceptors (Lipinski definition) is 5. The molecule has 0 saturated heterocycles. The van der Waals surface area contributed by atoms with E-state index in [0.29, 0.717) is 30.2 Å². The number of ether oxygens (including phenoxy) is 1. The Balaban J connectivity index is 0.000000330. The van der Waals surface area contributed by atoms with E-state index in [4.69, 9.17) is 39.5 Å². The van der Waals surface area contributed by atoms with Gasteiger partial charge in [0.15, 0.2) is 0 Å². The third-order valence-electron chi connectivity index (χ3n) is 7.01. The van der Waals surface area contributed by atoms with Crippen LogP contribution in [0.1, 0.15) is 66.9 Å². The summed E-state index contributed by atoms with van der Waals surface area (Å²) in [6, 6.07) is 12.8. The number of benzene rings is 2. The van der Waals surface area contributed by atoms with Crippen molar-refractivity contribution >= 4 is 64.5 Å². The molecular weight excluding hydrogens is 619 g/mol. The van der Waals surface area contributed by atoms with Gasteiger partial charge in [-0.25, -0.2) is 9.59 Å². The van der Waals surface area contributed by atoms with Gasteiger partial charge in [0, 0.05) is 12.1 Å². The van der Waals surface area contributed by atoms with E-state index in [2.05, 4.69) is 17.6 Å². The number of aryl methyl sites for hydroxylation is 2. The summed E-state index contributed by atoms with van der Waals surface area (Å²) in [5, 5.41) is 14.8. The van der Waals surface area contributed by atoms with Crippen molar-refractivity contribution in [2.45, 2.75) is 68.6 Å². The summed E-state index contributed by atoms with van der Waals surface area (Å²) in [5.74, 6) is -0.111. The predicted molar refractivity (Wildman–Crippen MR) is 174 cm³/mol. The maximum absolute atomic E-state index is 12.8. The zero-order chi connectivity index (χ0) is 31.1. The standard InChI is InChI=1S/C21H25NO3S.C10H16Cl3NO2/c1-4-15-9-10-17(18(13-15)16-8-6-5-7-14(16)2)20(23)22-19(21(24)25)11-12-26-3;11-10(12,13)7-16-9(15)14-6-8-4-2-1-3-5-8/h5-10,13,19H,4,11-12H2,1-3H3,(H,22,23)(H,24,25);8H,1-7H2,(H,14,15). The minimum atomic E-state index is -1.54. The van der Waals surface area contributed by atoms with Crippen LogP contribution in [0.25, 0.3) is 11.1 Å². The van der Waals surface area contributed by atoms with Gasteiger partial charge in [-0.2, -0.15) is 11.8 Å². The topological polar surface area (TPSA) is 105 Å². The Hall–Kier alpha value is -2.13. The fraction of sp³-hybridized carbons (Fsp3) is 0.516. The molecule has 1 atom stereocenters. The SMILES string of the molecule is CCc1ccc(C(=O)NC(CCSC)C(=O)O)c(-c2ccccc2C)c1.O=C(NCC1CCCCC1)OCC(Cl)(Cl)Cl. The van der Waals surface area contributed by atoms with Gasteiger partial charge in [0.25, 0.3) is 5.91 Å². The average molecular weight is 660 g/mol. The largest absolute Gasteiger partial charge is 0.480 e. The molecule has 1 aliphatic carbocycles. The van der Waals surface area contributed by atoms with Gasteiger partial charge in [-0.05, 0) is 78.9 Å². The number of carboxylic acids is 1. The van der Waals surface area contributed by atoms with Crippen molar-refractivity contribution in [3.8, 4) is 11.1 Å². The summed E-state index contributed by atoms with van der Waals surface area (Å²) >= 11 is 17.9. The molecule has 2 aromatic rings. The van der Waals surface area contributed by atoms with E-state index in [0.717, 1.165) is 28.7 Å². The number of alkyl carbamates (subject to hydrolysis) is 1. The molecular formula is C31H41Cl3N2O5S. The van der Waals surface area contributed by atoms with Gasteiger partial charge in [-0.3, -0.25) is 4.79 Å². The van der Waals surface area contributed by atoms with Crippen LogP contribution in [-0.4, -0.2) is 58.1 Å². The number of carbonyl (C=O) groups excluding carboxylic acids is 2. The van der Waals surface area contributed by atoms with Crippen LogP contribution in [-0.2, 0) is 16.0 Å². The predicted octanol–water partition coefficient (Wildman–Crippen LogP) is 7.82.